The van der Waals surface area contributed by atoms with E-state index in [-0.39, 0.29) is 23.0 Å². The number of rotatable bonds is 4. The van der Waals surface area contributed by atoms with Crippen molar-refractivity contribution in [3.63, 3.8) is 0 Å². The van der Waals surface area contributed by atoms with Crippen LogP contribution in [-0.4, -0.2) is 48.2 Å². The fourth-order valence-electron chi connectivity index (χ4n) is 9.22. The summed E-state index contributed by atoms with van der Waals surface area (Å²) < 4.78 is 6.05. The molecule has 5 heteroatoms. The monoisotopic (exact) mass is 481 g/mol. The molecule has 0 aliphatic heterocycles. The van der Waals surface area contributed by atoms with Gasteiger partial charge in [-0.25, -0.2) is 0 Å². The molecule has 0 bridgehead atoms. The largest absolute Gasteiger partial charge is 0.451 e. The summed E-state index contributed by atoms with van der Waals surface area (Å²) in [5.74, 6) is 1.73. The number of hydrogen-bond acceptors (Lipinski definition) is 5. The van der Waals surface area contributed by atoms with Gasteiger partial charge in [-0.15, -0.1) is 0 Å². The molecule has 35 heavy (non-hydrogen) atoms. The first kappa shape index (κ1) is 24.9. The van der Waals surface area contributed by atoms with Gasteiger partial charge in [-0.1, -0.05) is 12.5 Å². The van der Waals surface area contributed by atoms with Crippen molar-refractivity contribution in [2.45, 2.75) is 103 Å². The van der Waals surface area contributed by atoms with Crippen molar-refractivity contribution in [3.05, 3.63) is 22.8 Å². The Bertz CT molecular complexity index is 984. The Hall–Kier alpha value is -1.75. The van der Waals surface area contributed by atoms with Crippen LogP contribution in [0.5, 0.6) is 0 Å². The van der Waals surface area contributed by atoms with Gasteiger partial charge in [-0.2, -0.15) is 0 Å². The molecule has 0 aromatic carbocycles. The Labute approximate surface area is 210 Å². The molecule has 0 spiro atoms. The Morgan fingerprint density at radius 3 is 2.31 bits per heavy atom. The maximum absolute atomic E-state index is 13.2. The van der Waals surface area contributed by atoms with Gasteiger partial charge in [0.1, 0.15) is 0 Å². The van der Waals surface area contributed by atoms with Gasteiger partial charge in [0.2, 0.25) is 0 Å². The van der Waals surface area contributed by atoms with E-state index in [0.29, 0.717) is 42.6 Å². The third kappa shape index (κ3) is 3.88. The summed E-state index contributed by atoms with van der Waals surface area (Å²) in [6.45, 7) is 5.36. The van der Waals surface area contributed by atoms with Gasteiger partial charge in [0.15, 0.2) is 17.2 Å². The SMILES string of the molecule is CC(=O)O[C@]1(C(C)=O)CCC2C3CCC4=CC(=O)CCC4=C3C(C3CCC(N(C)C)CC3)C[C@@]21C. The molecule has 5 rings (SSSR count). The predicted molar refractivity (Wildman–Crippen MR) is 136 cm³/mol. The van der Waals surface area contributed by atoms with E-state index >= 15 is 0 Å². The average Bonchev–Trinajstić information content (AvgIpc) is 3.10. The fourth-order valence-corrected chi connectivity index (χ4v) is 9.22. The maximum atomic E-state index is 13.2. The zero-order valence-corrected chi connectivity index (χ0v) is 22.3. The first-order valence-corrected chi connectivity index (χ1v) is 13.9. The van der Waals surface area contributed by atoms with E-state index < -0.39 is 5.60 Å². The van der Waals surface area contributed by atoms with Crippen LogP contribution in [-0.2, 0) is 19.1 Å². The van der Waals surface area contributed by atoms with E-state index in [0.717, 1.165) is 32.1 Å². The average molecular weight is 482 g/mol. The summed E-state index contributed by atoms with van der Waals surface area (Å²) in [6.07, 6.45) is 12.8. The highest BCUT2D eigenvalue weighted by Crippen LogP contribution is 2.67. The number of nitrogens with zero attached hydrogens (tertiary/aromatic N) is 1. The van der Waals surface area contributed by atoms with Gasteiger partial charge in [0.25, 0.3) is 0 Å². The quantitative estimate of drug-likeness (QED) is 0.501. The van der Waals surface area contributed by atoms with Crippen molar-refractivity contribution in [1.29, 1.82) is 0 Å². The minimum absolute atomic E-state index is 0.0172. The molecular weight excluding hydrogens is 438 g/mol. The second-order valence-electron chi connectivity index (χ2n) is 12.6. The number of hydrogen-bond donors (Lipinski definition) is 0. The molecular formula is C30H43NO4. The first-order valence-electron chi connectivity index (χ1n) is 13.9. The normalized spacial score (nSPS) is 41.1. The number of allylic oxidation sites excluding steroid dienone is 4. The standard InChI is InChI=1S/C30H43NO4/c1-18(32)30(35-19(2)33)15-14-27-25-12-8-21-16-23(34)11-13-24(21)28(25)26(17-29(27,30)3)20-6-9-22(10-7-20)31(4)5/h16,20,22,25-27H,6-15,17H2,1-5H3/t20?,22?,25?,26?,27?,29-,30-/m0/s1. The number of ether oxygens (including phenoxy) is 1. The Kier molecular flexibility index (Phi) is 6.39. The smallest absolute Gasteiger partial charge is 0.303 e. The zero-order valence-electron chi connectivity index (χ0n) is 22.3. The highest BCUT2D eigenvalue weighted by molar-refractivity contribution is 5.93. The van der Waals surface area contributed by atoms with E-state index in [2.05, 4.69) is 25.9 Å². The molecule has 0 amide bonds. The van der Waals surface area contributed by atoms with E-state index in [1.807, 2.05) is 6.08 Å². The van der Waals surface area contributed by atoms with Gasteiger partial charge < -0.3 is 9.64 Å². The molecule has 3 saturated carbocycles. The van der Waals surface area contributed by atoms with Crippen LogP contribution in [0.1, 0.15) is 91.4 Å². The second-order valence-corrected chi connectivity index (χ2v) is 12.6. The van der Waals surface area contributed by atoms with Crippen molar-refractivity contribution in [2.75, 3.05) is 14.1 Å². The topological polar surface area (TPSA) is 63.7 Å². The minimum atomic E-state index is -1.00. The summed E-state index contributed by atoms with van der Waals surface area (Å²) >= 11 is 0. The predicted octanol–water partition coefficient (Wildman–Crippen LogP) is 5.43. The van der Waals surface area contributed by atoms with Gasteiger partial charge in [0.05, 0.1) is 0 Å². The molecule has 5 aliphatic rings. The van der Waals surface area contributed by atoms with Crippen LogP contribution in [0.4, 0.5) is 0 Å². The van der Waals surface area contributed by atoms with Crippen molar-refractivity contribution in [2.24, 2.45) is 29.1 Å². The van der Waals surface area contributed by atoms with E-state index in [1.54, 1.807) is 12.5 Å². The molecule has 0 saturated heterocycles. The molecule has 5 atom stereocenters. The van der Waals surface area contributed by atoms with Crippen LogP contribution in [0.25, 0.3) is 0 Å². The molecule has 5 aliphatic carbocycles. The Balaban J connectivity index is 1.59. The van der Waals surface area contributed by atoms with E-state index in [1.165, 1.54) is 43.8 Å². The highest BCUT2D eigenvalue weighted by Gasteiger charge is 2.67. The summed E-state index contributed by atoms with van der Waals surface area (Å²) in [5, 5.41) is 0. The fraction of sp³-hybridized carbons (Fsp3) is 0.767. The molecule has 0 heterocycles. The summed E-state index contributed by atoms with van der Waals surface area (Å²) in [6, 6.07) is 0.643. The number of carbonyl (C=O) groups is 3. The Morgan fingerprint density at radius 1 is 0.971 bits per heavy atom. The molecule has 192 valence electrons. The lowest BCUT2D eigenvalue weighted by molar-refractivity contribution is -0.184. The van der Waals surface area contributed by atoms with Crippen LogP contribution in [0, 0.1) is 29.1 Å². The van der Waals surface area contributed by atoms with Gasteiger partial charge in [-0.05, 0) is 126 Å². The molecule has 3 unspecified atom stereocenters. The number of ketones is 2. The summed E-state index contributed by atoms with van der Waals surface area (Å²) in [7, 11) is 4.38. The van der Waals surface area contributed by atoms with Crippen LogP contribution in [0.3, 0.4) is 0 Å². The minimum Gasteiger partial charge on any atom is -0.451 e. The lowest BCUT2D eigenvalue weighted by Crippen LogP contribution is -2.58. The first-order chi connectivity index (χ1) is 16.6. The van der Waals surface area contributed by atoms with Crippen LogP contribution in [0.15, 0.2) is 22.8 Å². The van der Waals surface area contributed by atoms with Crippen molar-refractivity contribution < 1.29 is 19.1 Å². The van der Waals surface area contributed by atoms with Gasteiger partial charge in [0, 0.05) is 24.8 Å². The highest BCUT2D eigenvalue weighted by atomic mass is 16.6. The third-order valence-electron chi connectivity index (χ3n) is 10.8. The maximum Gasteiger partial charge on any atom is 0.303 e. The third-order valence-corrected chi connectivity index (χ3v) is 10.8. The zero-order chi connectivity index (χ0) is 25.1. The van der Waals surface area contributed by atoms with Gasteiger partial charge >= 0.3 is 5.97 Å². The van der Waals surface area contributed by atoms with Crippen molar-refractivity contribution in [1.82, 2.24) is 4.90 Å². The summed E-state index contributed by atoms with van der Waals surface area (Å²) in [5.41, 5.74) is 3.06. The molecule has 3 fully saturated rings. The summed E-state index contributed by atoms with van der Waals surface area (Å²) in [4.78, 5) is 40.2. The number of esters is 1. The molecule has 0 radical (unpaired) electrons. The second kappa shape index (κ2) is 8.97. The molecule has 5 nitrogen and oxygen atoms in total. The molecule has 0 aromatic heterocycles. The van der Waals surface area contributed by atoms with Crippen LogP contribution < -0.4 is 0 Å². The van der Waals surface area contributed by atoms with Gasteiger partial charge in [-0.3, -0.25) is 14.4 Å². The van der Waals surface area contributed by atoms with Crippen molar-refractivity contribution >= 4 is 17.5 Å². The van der Waals surface area contributed by atoms with Crippen LogP contribution >= 0.6 is 0 Å². The van der Waals surface area contributed by atoms with Crippen molar-refractivity contribution in [3.8, 4) is 0 Å². The number of fused-ring (bicyclic) bond motifs is 4. The molecule has 0 N–H and O–H groups in total. The van der Waals surface area contributed by atoms with Crippen LogP contribution in [0.2, 0.25) is 0 Å². The molecule has 0 aromatic rings. The van der Waals surface area contributed by atoms with E-state index in [9.17, 15) is 14.4 Å². The number of carbonyl (C=O) groups excluding carboxylic acids is 3. The lowest BCUT2D eigenvalue weighted by Gasteiger charge is -2.56. The number of Topliss-reactive ketones (excluding diaryl/α,β-unsaturated/α-hetero) is 1. The van der Waals surface area contributed by atoms with E-state index in [4.69, 9.17) is 4.74 Å². The Morgan fingerprint density at radius 2 is 1.69 bits per heavy atom. The lowest BCUT2D eigenvalue weighted by atomic mass is 9.49.